The molecule has 6 heteroatoms. The number of piperazine rings is 1. The quantitative estimate of drug-likeness (QED) is 0.618. The molecule has 1 rings (SSSR count). The summed E-state index contributed by atoms with van der Waals surface area (Å²) >= 11 is 0. The van der Waals surface area contributed by atoms with E-state index in [1.54, 1.807) is 0 Å². The maximum absolute atomic E-state index is 12.2. The van der Waals surface area contributed by atoms with Gasteiger partial charge in [-0.1, -0.05) is 0 Å². The van der Waals surface area contributed by atoms with Gasteiger partial charge in [0.1, 0.15) is 0 Å². The van der Waals surface area contributed by atoms with Gasteiger partial charge in [-0.3, -0.25) is 14.5 Å². The van der Waals surface area contributed by atoms with Crippen LogP contribution >= 0.6 is 0 Å². The lowest BCUT2D eigenvalue weighted by Crippen LogP contribution is -2.60. The lowest BCUT2D eigenvalue weighted by atomic mass is 10.0. The summed E-state index contributed by atoms with van der Waals surface area (Å²) in [7, 11) is 0. The third kappa shape index (κ3) is 4.80. The molecule has 110 valence electrons. The van der Waals surface area contributed by atoms with Crippen LogP contribution in [0, 0.1) is 0 Å². The van der Waals surface area contributed by atoms with Crippen LogP contribution in [0.2, 0.25) is 0 Å². The second-order valence-corrected chi connectivity index (χ2v) is 5.70. The zero-order chi connectivity index (χ0) is 14.5. The van der Waals surface area contributed by atoms with Crippen molar-refractivity contribution in [3.63, 3.8) is 0 Å². The molecule has 2 amide bonds. The number of amides is 2. The second-order valence-electron chi connectivity index (χ2n) is 5.70. The minimum Gasteiger partial charge on any atom is -0.352 e. The Labute approximate surface area is 115 Å². The summed E-state index contributed by atoms with van der Waals surface area (Å²) in [6.07, 6.45) is 0. The Bertz CT molecular complexity index is 323. The van der Waals surface area contributed by atoms with Crippen LogP contribution in [0.4, 0.5) is 0 Å². The molecule has 0 bridgehead atoms. The van der Waals surface area contributed by atoms with Gasteiger partial charge in [-0.2, -0.15) is 0 Å². The SMILES string of the molecule is CC(C)NC(=O)CNC(=O)C(C)(C)N1CCNCC1. The number of nitrogens with one attached hydrogen (secondary N) is 3. The number of hydrogen-bond donors (Lipinski definition) is 3. The van der Waals surface area contributed by atoms with Gasteiger partial charge < -0.3 is 16.0 Å². The van der Waals surface area contributed by atoms with E-state index in [1.807, 2.05) is 27.7 Å². The van der Waals surface area contributed by atoms with Gasteiger partial charge in [0.15, 0.2) is 0 Å². The van der Waals surface area contributed by atoms with Crippen molar-refractivity contribution >= 4 is 11.8 Å². The fourth-order valence-electron chi connectivity index (χ4n) is 2.12. The standard InChI is InChI=1S/C13H26N4O2/c1-10(2)16-11(18)9-15-12(19)13(3,4)17-7-5-14-6-8-17/h10,14H,5-9H2,1-4H3,(H,15,19)(H,16,18). The van der Waals surface area contributed by atoms with Crippen LogP contribution in [0.5, 0.6) is 0 Å². The largest absolute Gasteiger partial charge is 0.352 e. The van der Waals surface area contributed by atoms with Crippen LogP contribution in [0.1, 0.15) is 27.7 Å². The highest BCUT2D eigenvalue weighted by Gasteiger charge is 2.35. The van der Waals surface area contributed by atoms with Gasteiger partial charge in [-0.05, 0) is 27.7 Å². The van der Waals surface area contributed by atoms with Crippen LogP contribution in [-0.2, 0) is 9.59 Å². The Balaban J connectivity index is 2.44. The summed E-state index contributed by atoms with van der Waals surface area (Å²) in [5, 5.41) is 8.72. The van der Waals surface area contributed by atoms with Crippen molar-refractivity contribution in [2.45, 2.75) is 39.3 Å². The monoisotopic (exact) mass is 270 g/mol. The molecular formula is C13H26N4O2. The van der Waals surface area contributed by atoms with E-state index in [-0.39, 0.29) is 24.4 Å². The summed E-state index contributed by atoms with van der Waals surface area (Å²) in [6, 6.07) is 0.0885. The summed E-state index contributed by atoms with van der Waals surface area (Å²) < 4.78 is 0. The number of carbonyl (C=O) groups is 2. The summed E-state index contributed by atoms with van der Waals surface area (Å²) in [5.74, 6) is -0.257. The Hall–Kier alpha value is -1.14. The van der Waals surface area contributed by atoms with E-state index in [9.17, 15) is 9.59 Å². The number of carbonyl (C=O) groups excluding carboxylic acids is 2. The molecule has 0 spiro atoms. The molecule has 0 unspecified atom stereocenters. The number of rotatable bonds is 5. The minimum atomic E-state index is -0.583. The predicted molar refractivity (Wildman–Crippen MR) is 74.8 cm³/mol. The Morgan fingerprint density at radius 2 is 1.84 bits per heavy atom. The van der Waals surface area contributed by atoms with Gasteiger partial charge in [0, 0.05) is 32.2 Å². The predicted octanol–water partition coefficient (Wildman–Crippen LogP) is -0.689. The van der Waals surface area contributed by atoms with Crippen molar-refractivity contribution in [2.24, 2.45) is 0 Å². The van der Waals surface area contributed by atoms with Crippen LogP contribution in [0.3, 0.4) is 0 Å². The Morgan fingerprint density at radius 3 is 2.37 bits per heavy atom. The van der Waals surface area contributed by atoms with Crippen molar-refractivity contribution < 1.29 is 9.59 Å². The maximum Gasteiger partial charge on any atom is 0.240 e. The van der Waals surface area contributed by atoms with Crippen molar-refractivity contribution in [3.05, 3.63) is 0 Å². The smallest absolute Gasteiger partial charge is 0.240 e. The highest BCUT2D eigenvalue weighted by molar-refractivity contribution is 5.89. The molecule has 0 saturated carbocycles. The van der Waals surface area contributed by atoms with Crippen LogP contribution < -0.4 is 16.0 Å². The van der Waals surface area contributed by atoms with Gasteiger partial charge in [-0.25, -0.2) is 0 Å². The molecule has 1 heterocycles. The molecule has 0 aromatic rings. The van der Waals surface area contributed by atoms with E-state index in [4.69, 9.17) is 0 Å². The Kier molecular flexibility index (Phi) is 5.75. The first kappa shape index (κ1) is 15.9. The molecule has 6 nitrogen and oxygen atoms in total. The highest BCUT2D eigenvalue weighted by Crippen LogP contribution is 2.14. The molecule has 0 radical (unpaired) electrons. The Morgan fingerprint density at radius 1 is 1.26 bits per heavy atom. The van der Waals surface area contributed by atoms with E-state index in [1.165, 1.54) is 0 Å². The molecule has 0 aromatic heterocycles. The molecule has 1 fully saturated rings. The molecule has 0 atom stereocenters. The lowest BCUT2D eigenvalue weighted by molar-refractivity contribution is -0.134. The molecule has 3 N–H and O–H groups in total. The van der Waals surface area contributed by atoms with E-state index in [0.29, 0.717) is 0 Å². The average molecular weight is 270 g/mol. The first-order valence-electron chi connectivity index (χ1n) is 6.87. The van der Waals surface area contributed by atoms with Crippen molar-refractivity contribution in [1.82, 2.24) is 20.9 Å². The molecule has 0 aromatic carbocycles. The van der Waals surface area contributed by atoms with Crippen molar-refractivity contribution in [3.8, 4) is 0 Å². The van der Waals surface area contributed by atoms with Crippen LogP contribution in [0.25, 0.3) is 0 Å². The summed E-state index contributed by atoms with van der Waals surface area (Å²) in [4.78, 5) is 25.9. The molecule has 19 heavy (non-hydrogen) atoms. The lowest BCUT2D eigenvalue weighted by Gasteiger charge is -2.39. The molecular weight excluding hydrogens is 244 g/mol. The fourth-order valence-corrected chi connectivity index (χ4v) is 2.12. The first-order valence-corrected chi connectivity index (χ1v) is 6.87. The molecule has 1 saturated heterocycles. The maximum atomic E-state index is 12.2. The molecule has 0 aliphatic carbocycles. The van der Waals surface area contributed by atoms with E-state index < -0.39 is 5.54 Å². The van der Waals surface area contributed by atoms with E-state index in [0.717, 1.165) is 26.2 Å². The van der Waals surface area contributed by atoms with Crippen molar-refractivity contribution in [2.75, 3.05) is 32.7 Å². The summed E-state index contributed by atoms with van der Waals surface area (Å²) in [6.45, 7) is 11.1. The van der Waals surface area contributed by atoms with Gasteiger partial charge in [0.25, 0.3) is 0 Å². The average Bonchev–Trinajstić information content (AvgIpc) is 2.36. The topological polar surface area (TPSA) is 73.5 Å². The van der Waals surface area contributed by atoms with Crippen LogP contribution in [-0.4, -0.2) is 61.0 Å². The van der Waals surface area contributed by atoms with Crippen molar-refractivity contribution in [1.29, 1.82) is 0 Å². The fraction of sp³-hybridized carbons (Fsp3) is 0.846. The third-order valence-corrected chi connectivity index (χ3v) is 3.32. The molecule has 1 aliphatic rings. The van der Waals surface area contributed by atoms with Gasteiger partial charge in [0.05, 0.1) is 12.1 Å². The number of hydrogen-bond acceptors (Lipinski definition) is 4. The molecule has 1 aliphatic heterocycles. The summed E-state index contributed by atoms with van der Waals surface area (Å²) in [5.41, 5.74) is -0.583. The highest BCUT2D eigenvalue weighted by atomic mass is 16.2. The minimum absolute atomic E-state index is 0.0343. The van der Waals surface area contributed by atoms with Crippen LogP contribution in [0.15, 0.2) is 0 Å². The van der Waals surface area contributed by atoms with Gasteiger partial charge >= 0.3 is 0 Å². The number of nitrogens with zero attached hydrogens (tertiary/aromatic N) is 1. The zero-order valence-corrected chi connectivity index (χ0v) is 12.4. The van der Waals surface area contributed by atoms with Gasteiger partial charge in [0.2, 0.25) is 11.8 Å². The first-order chi connectivity index (χ1) is 8.84. The van der Waals surface area contributed by atoms with Gasteiger partial charge in [-0.15, -0.1) is 0 Å². The second kappa shape index (κ2) is 6.86. The van der Waals surface area contributed by atoms with E-state index in [2.05, 4.69) is 20.9 Å². The van der Waals surface area contributed by atoms with E-state index >= 15 is 0 Å². The third-order valence-electron chi connectivity index (χ3n) is 3.32. The normalized spacial score (nSPS) is 17.3. The zero-order valence-electron chi connectivity index (χ0n) is 12.4.